The second-order valence-corrected chi connectivity index (χ2v) is 6.08. The van der Waals surface area contributed by atoms with Crippen LogP contribution >= 0.6 is 0 Å². The number of likely N-dealkylation sites (tertiary alicyclic amines) is 1. The molecule has 2 N–H and O–H groups in total. The predicted molar refractivity (Wildman–Crippen MR) is 93.1 cm³/mol. The Morgan fingerprint density at radius 1 is 1.27 bits per heavy atom. The van der Waals surface area contributed by atoms with Gasteiger partial charge in [-0.2, -0.15) is 0 Å². The minimum absolute atomic E-state index is 0.00225. The molecule has 1 saturated heterocycles. The van der Waals surface area contributed by atoms with Crippen molar-refractivity contribution in [2.75, 3.05) is 33.4 Å². The highest BCUT2D eigenvalue weighted by Gasteiger charge is 2.24. The number of nitrogens with zero attached hydrogens (tertiary/aromatic N) is 1. The number of ether oxygens (including phenoxy) is 2. The van der Waals surface area contributed by atoms with Crippen LogP contribution in [0.2, 0.25) is 0 Å². The number of piperidine rings is 1. The Bertz CT molecular complexity index is 640. The van der Waals surface area contributed by atoms with Crippen LogP contribution in [-0.4, -0.2) is 67.2 Å². The van der Waals surface area contributed by atoms with Crippen molar-refractivity contribution in [2.45, 2.75) is 25.3 Å². The van der Waals surface area contributed by atoms with E-state index in [4.69, 9.17) is 14.6 Å². The molecule has 1 aliphatic heterocycles. The van der Waals surface area contributed by atoms with Gasteiger partial charge in [-0.05, 0) is 31.0 Å². The summed E-state index contributed by atoms with van der Waals surface area (Å²) in [5.41, 5.74) is 0.409. The van der Waals surface area contributed by atoms with Crippen molar-refractivity contribution >= 4 is 17.8 Å². The predicted octanol–water partition coefficient (Wildman–Crippen LogP) is 0.907. The molecule has 0 bridgehead atoms. The van der Waals surface area contributed by atoms with Gasteiger partial charge in [0.1, 0.15) is 5.75 Å². The lowest BCUT2D eigenvalue weighted by molar-refractivity contribution is -0.139. The quantitative estimate of drug-likeness (QED) is 0.710. The van der Waals surface area contributed by atoms with E-state index < -0.39 is 12.6 Å². The van der Waals surface area contributed by atoms with Crippen molar-refractivity contribution in [2.24, 2.45) is 0 Å². The van der Waals surface area contributed by atoms with Crippen LogP contribution in [0.3, 0.4) is 0 Å². The molecular formula is C18H24N2O6. The number of aliphatic carboxylic acids is 1. The number of hydrogen-bond donors (Lipinski definition) is 2. The van der Waals surface area contributed by atoms with Crippen LogP contribution in [0.4, 0.5) is 0 Å². The number of carboxylic acids is 1. The number of nitrogens with one attached hydrogen (secondary N) is 1. The molecule has 0 aromatic heterocycles. The molecule has 0 aliphatic carbocycles. The van der Waals surface area contributed by atoms with E-state index >= 15 is 0 Å². The van der Waals surface area contributed by atoms with Gasteiger partial charge in [-0.15, -0.1) is 0 Å². The largest absolute Gasteiger partial charge is 0.482 e. The minimum atomic E-state index is -1.08. The second-order valence-electron chi connectivity index (χ2n) is 6.08. The van der Waals surface area contributed by atoms with Gasteiger partial charge in [0.05, 0.1) is 13.0 Å². The second kappa shape index (κ2) is 9.76. The Labute approximate surface area is 152 Å². The SMILES string of the molecule is COCCC(=O)N1CCC(NC(=O)c2cccc(OCC(=O)O)c2)CC1. The number of methoxy groups -OCH3 is 1. The van der Waals surface area contributed by atoms with E-state index in [1.165, 1.54) is 6.07 Å². The van der Waals surface area contributed by atoms with Gasteiger partial charge in [-0.1, -0.05) is 6.07 Å². The van der Waals surface area contributed by atoms with Crippen LogP contribution < -0.4 is 10.1 Å². The number of hydrogen-bond acceptors (Lipinski definition) is 5. The van der Waals surface area contributed by atoms with Crippen molar-refractivity contribution in [3.05, 3.63) is 29.8 Å². The number of carbonyl (C=O) groups is 3. The summed E-state index contributed by atoms with van der Waals surface area (Å²) < 4.78 is 10.0. The minimum Gasteiger partial charge on any atom is -0.482 e. The molecule has 26 heavy (non-hydrogen) atoms. The maximum Gasteiger partial charge on any atom is 0.341 e. The number of carboxylic acid groups (broad SMARTS) is 1. The molecule has 0 spiro atoms. The fourth-order valence-corrected chi connectivity index (χ4v) is 2.76. The van der Waals surface area contributed by atoms with Gasteiger partial charge < -0.3 is 24.8 Å². The zero-order chi connectivity index (χ0) is 18.9. The van der Waals surface area contributed by atoms with Crippen LogP contribution in [0.15, 0.2) is 24.3 Å². The Hall–Kier alpha value is -2.61. The third-order valence-corrected chi connectivity index (χ3v) is 4.16. The molecule has 1 heterocycles. The molecule has 142 valence electrons. The summed E-state index contributed by atoms with van der Waals surface area (Å²) in [6.45, 7) is 1.17. The third-order valence-electron chi connectivity index (χ3n) is 4.16. The fourth-order valence-electron chi connectivity index (χ4n) is 2.76. The molecule has 0 unspecified atom stereocenters. The van der Waals surface area contributed by atoms with Gasteiger partial charge in [0.15, 0.2) is 6.61 Å². The Kier molecular flexibility index (Phi) is 7.40. The zero-order valence-corrected chi connectivity index (χ0v) is 14.8. The molecular weight excluding hydrogens is 340 g/mol. The molecule has 2 amide bonds. The van der Waals surface area contributed by atoms with Gasteiger partial charge in [0, 0.05) is 31.8 Å². The number of rotatable bonds is 8. The lowest BCUT2D eigenvalue weighted by Gasteiger charge is -2.32. The molecule has 0 atom stereocenters. The highest BCUT2D eigenvalue weighted by atomic mass is 16.5. The molecule has 1 fully saturated rings. The third kappa shape index (κ3) is 6.03. The Morgan fingerprint density at radius 2 is 2.00 bits per heavy atom. The number of benzene rings is 1. The van der Waals surface area contributed by atoms with E-state index in [0.717, 1.165) is 0 Å². The maximum atomic E-state index is 12.4. The first kappa shape index (κ1) is 19.7. The standard InChI is InChI=1S/C18H24N2O6/c1-25-10-7-16(21)20-8-5-14(6-9-20)19-18(24)13-3-2-4-15(11-13)26-12-17(22)23/h2-4,11,14H,5-10,12H2,1H3,(H,19,24)(H,22,23). The zero-order valence-electron chi connectivity index (χ0n) is 14.8. The monoisotopic (exact) mass is 364 g/mol. The smallest absolute Gasteiger partial charge is 0.341 e. The summed E-state index contributed by atoms with van der Waals surface area (Å²) in [5.74, 6) is -0.917. The highest BCUT2D eigenvalue weighted by molar-refractivity contribution is 5.94. The van der Waals surface area contributed by atoms with Crippen LogP contribution in [-0.2, 0) is 14.3 Å². The average molecular weight is 364 g/mol. The molecule has 8 nitrogen and oxygen atoms in total. The van der Waals surface area contributed by atoms with E-state index in [9.17, 15) is 14.4 Å². The van der Waals surface area contributed by atoms with E-state index in [1.807, 2.05) is 0 Å². The van der Waals surface area contributed by atoms with Crippen LogP contribution in [0, 0.1) is 0 Å². The van der Waals surface area contributed by atoms with Crippen molar-refractivity contribution in [3.63, 3.8) is 0 Å². The topological polar surface area (TPSA) is 105 Å². The van der Waals surface area contributed by atoms with Gasteiger partial charge in [-0.3, -0.25) is 9.59 Å². The van der Waals surface area contributed by atoms with Crippen LogP contribution in [0.5, 0.6) is 5.75 Å². The van der Waals surface area contributed by atoms with Gasteiger partial charge in [-0.25, -0.2) is 4.79 Å². The lowest BCUT2D eigenvalue weighted by Crippen LogP contribution is -2.46. The first-order valence-corrected chi connectivity index (χ1v) is 8.52. The van der Waals surface area contributed by atoms with E-state index in [2.05, 4.69) is 5.32 Å². The Morgan fingerprint density at radius 3 is 2.65 bits per heavy atom. The van der Waals surface area contributed by atoms with Crippen molar-refractivity contribution < 1.29 is 29.0 Å². The van der Waals surface area contributed by atoms with Gasteiger partial charge in [0.25, 0.3) is 5.91 Å². The summed E-state index contributed by atoms with van der Waals surface area (Å²) in [6, 6.07) is 6.40. The summed E-state index contributed by atoms with van der Waals surface area (Å²) in [6.07, 6.45) is 1.76. The first-order chi connectivity index (χ1) is 12.5. The molecule has 2 rings (SSSR count). The average Bonchev–Trinajstić information content (AvgIpc) is 2.65. The molecule has 0 saturated carbocycles. The van der Waals surface area contributed by atoms with E-state index in [1.54, 1.807) is 30.2 Å². The van der Waals surface area contributed by atoms with Crippen molar-refractivity contribution in [3.8, 4) is 5.75 Å². The number of amides is 2. The summed E-state index contributed by atoms with van der Waals surface area (Å²) >= 11 is 0. The lowest BCUT2D eigenvalue weighted by atomic mass is 10.0. The normalized spacial score (nSPS) is 14.7. The summed E-state index contributed by atoms with van der Waals surface area (Å²) in [5, 5.41) is 11.6. The van der Waals surface area contributed by atoms with Crippen LogP contribution in [0.25, 0.3) is 0 Å². The van der Waals surface area contributed by atoms with Crippen molar-refractivity contribution in [1.82, 2.24) is 10.2 Å². The van der Waals surface area contributed by atoms with Crippen LogP contribution in [0.1, 0.15) is 29.6 Å². The fraction of sp³-hybridized carbons (Fsp3) is 0.500. The molecule has 1 aromatic rings. The molecule has 0 radical (unpaired) electrons. The number of carbonyl (C=O) groups excluding carboxylic acids is 2. The molecule has 1 aromatic carbocycles. The maximum absolute atomic E-state index is 12.4. The molecule has 1 aliphatic rings. The Balaban J connectivity index is 1.82. The van der Waals surface area contributed by atoms with Crippen molar-refractivity contribution in [1.29, 1.82) is 0 Å². The van der Waals surface area contributed by atoms with E-state index in [-0.39, 0.29) is 17.9 Å². The molecule has 8 heteroatoms. The van der Waals surface area contributed by atoms with Gasteiger partial charge in [0.2, 0.25) is 5.91 Å². The van der Waals surface area contributed by atoms with E-state index in [0.29, 0.717) is 50.3 Å². The summed E-state index contributed by atoms with van der Waals surface area (Å²) in [4.78, 5) is 36.7. The van der Waals surface area contributed by atoms with Gasteiger partial charge >= 0.3 is 5.97 Å². The summed E-state index contributed by atoms with van der Waals surface area (Å²) in [7, 11) is 1.57. The highest BCUT2D eigenvalue weighted by Crippen LogP contribution is 2.16. The first-order valence-electron chi connectivity index (χ1n) is 8.52.